The molecule has 4 heteroatoms. The Morgan fingerprint density at radius 1 is 1.38 bits per heavy atom. The molecule has 4 N–H and O–H groups in total. The molecule has 0 aliphatic heterocycles. The first-order valence-electron chi connectivity index (χ1n) is 2.33. The average molecular weight is 122 g/mol. The first kappa shape index (κ1) is 7.84. The zero-order valence-electron chi connectivity index (χ0n) is 4.57. The molecule has 0 aromatic carbocycles. The van der Waals surface area contributed by atoms with E-state index in [9.17, 15) is 0 Å². The monoisotopic (exact) mass is 122 g/mol. The van der Waals surface area contributed by atoms with Gasteiger partial charge in [0.1, 0.15) is 6.10 Å². The molecule has 0 heterocycles. The molecule has 1 atom stereocenters. The largest absolute Gasteiger partial charge is 0.385 e. The second-order valence-electron chi connectivity index (χ2n) is 1.61. The van der Waals surface area contributed by atoms with Crippen molar-refractivity contribution in [2.24, 2.45) is 0 Å². The summed E-state index contributed by atoms with van der Waals surface area (Å²) in [5.41, 5.74) is 0. The highest BCUT2D eigenvalue weighted by Crippen LogP contribution is 2.03. The van der Waals surface area contributed by atoms with Gasteiger partial charge in [0.05, 0.1) is 0 Å². The molecule has 4 nitrogen and oxygen atoms in total. The lowest BCUT2D eigenvalue weighted by Gasteiger charge is -2.18. The molecule has 0 rings (SSSR count). The first-order valence-corrected chi connectivity index (χ1v) is 2.33. The summed E-state index contributed by atoms with van der Waals surface area (Å²) in [6.45, 7) is 1.52. The Bertz CT molecular complexity index is 64.9. The van der Waals surface area contributed by atoms with Crippen molar-refractivity contribution in [3.8, 4) is 0 Å². The van der Waals surface area contributed by atoms with Gasteiger partial charge in [-0.1, -0.05) is 6.92 Å². The highest BCUT2D eigenvalue weighted by Gasteiger charge is 2.27. The van der Waals surface area contributed by atoms with Gasteiger partial charge in [-0.25, -0.2) is 0 Å². The molecule has 0 aromatic heterocycles. The van der Waals surface area contributed by atoms with Crippen molar-refractivity contribution in [1.29, 1.82) is 0 Å². The second kappa shape index (κ2) is 2.41. The lowest BCUT2D eigenvalue weighted by atomic mass is 10.2. The van der Waals surface area contributed by atoms with Crippen molar-refractivity contribution in [2.45, 2.75) is 25.4 Å². The van der Waals surface area contributed by atoms with Crippen LogP contribution in [0.2, 0.25) is 0 Å². The molecule has 0 radical (unpaired) electrons. The van der Waals surface area contributed by atoms with Crippen LogP contribution in [0.3, 0.4) is 0 Å². The maximum absolute atomic E-state index is 8.44. The zero-order chi connectivity index (χ0) is 6.78. The Morgan fingerprint density at radius 3 is 1.75 bits per heavy atom. The number of hydrogen-bond donors (Lipinski definition) is 4. The zero-order valence-corrected chi connectivity index (χ0v) is 4.57. The molecular formula is C4H10O4. The summed E-state index contributed by atoms with van der Waals surface area (Å²) >= 11 is 0. The normalized spacial score (nSPS) is 16.1. The van der Waals surface area contributed by atoms with E-state index in [4.69, 9.17) is 20.4 Å². The first-order chi connectivity index (χ1) is 3.48. The summed E-state index contributed by atoms with van der Waals surface area (Å²) in [6.07, 6.45) is -1.38. The number of hydrogen-bond acceptors (Lipinski definition) is 4. The summed E-state index contributed by atoms with van der Waals surface area (Å²) in [6, 6.07) is 0. The highest BCUT2D eigenvalue weighted by molar-refractivity contribution is 4.58. The number of aliphatic hydroxyl groups excluding tert-OH is 1. The van der Waals surface area contributed by atoms with Crippen LogP contribution in [0.5, 0.6) is 0 Å². The molecule has 0 aliphatic carbocycles. The lowest BCUT2D eigenvalue weighted by molar-refractivity contribution is -0.354. The Morgan fingerprint density at radius 2 is 1.75 bits per heavy atom. The molecule has 50 valence electrons. The smallest absolute Gasteiger partial charge is 0.302 e. The predicted molar refractivity (Wildman–Crippen MR) is 25.7 cm³/mol. The Balaban J connectivity index is 3.62. The highest BCUT2D eigenvalue weighted by atomic mass is 16.7. The van der Waals surface area contributed by atoms with E-state index in [1.807, 2.05) is 0 Å². The van der Waals surface area contributed by atoms with Crippen LogP contribution >= 0.6 is 0 Å². The van der Waals surface area contributed by atoms with Crippen molar-refractivity contribution in [1.82, 2.24) is 0 Å². The maximum atomic E-state index is 8.44. The van der Waals surface area contributed by atoms with Crippen LogP contribution in [-0.2, 0) is 0 Å². The van der Waals surface area contributed by atoms with Crippen molar-refractivity contribution < 1.29 is 20.4 Å². The van der Waals surface area contributed by atoms with Gasteiger partial charge in [-0.15, -0.1) is 0 Å². The lowest BCUT2D eigenvalue weighted by Crippen LogP contribution is -2.41. The van der Waals surface area contributed by atoms with Gasteiger partial charge in [-0.2, -0.15) is 0 Å². The molecule has 0 saturated carbocycles. The Hall–Kier alpha value is -0.160. The van der Waals surface area contributed by atoms with Crippen LogP contribution in [0, 0.1) is 0 Å². The summed E-state index contributed by atoms with van der Waals surface area (Å²) in [4.78, 5) is 0. The Kier molecular flexibility index (Phi) is 2.36. The minimum atomic E-state index is -2.94. The van der Waals surface area contributed by atoms with Gasteiger partial charge in [0.15, 0.2) is 0 Å². The number of rotatable bonds is 2. The fourth-order valence-electron chi connectivity index (χ4n) is 0.274. The van der Waals surface area contributed by atoms with Gasteiger partial charge in [-0.3, -0.25) is 0 Å². The third-order valence-corrected chi connectivity index (χ3v) is 0.834. The molecule has 1 unspecified atom stereocenters. The van der Waals surface area contributed by atoms with Crippen LogP contribution in [0.15, 0.2) is 0 Å². The van der Waals surface area contributed by atoms with Crippen LogP contribution < -0.4 is 0 Å². The molecule has 0 bridgehead atoms. The van der Waals surface area contributed by atoms with Crippen LogP contribution in [0.25, 0.3) is 0 Å². The molecule has 8 heavy (non-hydrogen) atoms. The van der Waals surface area contributed by atoms with Gasteiger partial charge in [0.25, 0.3) is 0 Å². The van der Waals surface area contributed by atoms with E-state index in [1.165, 1.54) is 6.92 Å². The SMILES string of the molecule is CCC(O)C(O)(O)O. The molecular weight excluding hydrogens is 112 g/mol. The molecule has 0 aromatic rings. The van der Waals surface area contributed by atoms with E-state index < -0.39 is 12.1 Å². The van der Waals surface area contributed by atoms with Crippen LogP contribution in [-0.4, -0.2) is 32.5 Å². The van der Waals surface area contributed by atoms with E-state index in [-0.39, 0.29) is 6.42 Å². The molecule has 0 saturated heterocycles. The van der Waals surface area contributed by atoms with E-state index in [2.05, 4.69) is 0 Å². The summed E-state index contributed by atoms with van der Waals surface area (Å²) in [5, 5.41) is 32.9. The summed E-state index contributed by atoms with van der Waals surface area (Å²) in [7, 11) is 0. The van der Waals surface area contributed by atoms with Gasteiger partial charge in [0, 0.05) is 0 Å². The van der Waals surface area contributed by atoms with E-state index in [0.717, 1.165) is 0 Å². The Labute approximate surface area is 47.0 Å². The average Bonchev–Trinajstić information content (AvgIpc) is 1.62. The second-order valence-corrected chi connectivity index (χ2v) is 1.61. The fourth-order valence-corrected chi connectivity index (χ4v) is 0.274. The predicted octanol–water partition coefficient (Wildman–Crippen LogP) is -1.61. The molecule has 0 spiro atoms. The third kappa shape index (κ3) is 2.23. The fraction of sp³-hybridized carbons (Fsp3) is 1.00. The molecule has 0 aliphatic rings. The van der Waals surface area contributed by atoms with Gasteiger partial charge in [-0.05, 0) is 6.42 Å². The molecule has 0 amide bonds. The van der Waals surface area contributed by atoms with Crippen molar-refractivity contribution in [3.63, 3.8) is 0 Å². The summed E-state index contributed by atoms with van der Waals surface area (Å²) < 4.78 is 0. The standard InChI is InChI=1S/C4H10O4/c1-2-3(5)4(6,7)8/h3,5-8H,2H2,1H3. The van der Waals surface area contributed by atoms with Gasteiger partial charge >= 0.3 is 5.97 Å². The van der Waals surface area contributed by atoms with Crippen molar-refractivity contribution in [2.75, 3.05) is 0 Å². The van der Waals surface area contributed by atoms with E-state index in [1.54, 1.807) is 0 Å². The maximum Gasteiger partial charge on any atom is 0.302 e. The number of aliphatic hydroxyl groups is 4. The van der Waals surface area contributed by atoms with E-state index >= 15 is 0 Å². The minimum Gasteiger partial charge on any atom is -0.385 e. The summed E-state index contributed by atoms with van der Waals surface area (Å²) in [5.74, 6) is -2.94. The van der Waals surface area contributed by atoms with Crippen LogP contribution in [0.1, 0.15) is 13.3 Å². The quantitative estimate of drug-likeness (QED) is 0.332. The van der Waals surface area contributed by atoms with Crippen LogP contribution in [0.4, 0.5) is 0 Å². The van der Waals surface area contributed by atoms with Gasteiger partial charge in [0.2, 0.25) is 0 Å². The van der Waals surface area contributed by atoms with Gasteiger partial charge < -0.3 is 20.4 Å². The third-order valence-electron chi connectivity index (χ3n) is 0.834. The van der Waals surface area contributed by atoms with E-state index in [0.29, 0.717) is 0 Å². The topological polar surface area (TPSA) is 80.9 Å². The van der Waals surface area contributed by atoms with Crippen molar-refractivity contribution >= 4 is 0 Å². The minimum absolute atomic E-state index is 0.101. The molecule has 0 fully saturated rings. The van der Waals surface area contributed by atoms with Crippen molar-refractivity contribution in [3.05, 3.63) is 0 Å².